The van der Waals surface area contributed by atoms with E-state index in [0.717, 1.165) is 22.6 Å². The SMILES string of the molecule is COCc1ccc(NC(=O)NCc2ccc3c(c2)OCO3)cc1. The summed E-state index contributed by atoms with van der Waals surface area (Å²) in [6, 6.07) is 12.8. The minimum Gasteiger partial charge on any atom is -0.454 e. The number of methoxy groups -OCH3 is 1. The Morgan fingerprint density at radius 2 is 1.83 bits per heavy atom. The zero-order valence-electron chi connectivity index (χ0n) is 12.8. The van der Waals surface area contributed by atoms with Crippen LogP contribution in [0.3, 0.4) is 0 Å². The van der Waals surface area contributed by atoms with Crippen molar-refractivity contribution >= 4 is 11.7 Å². The van der Waals surface area contributed by atoms with Gasteiger partial charge in [0.15, 0.2) is 11.5 Å². The van der Waals surface area contributed by atoms with Crippen LogP contribution >= 0.6 is 0 Å². The van der Waals surface area contributed by atoms with E-state index in [1.54, 1.807) is 7.11 Å². The minimum atomic E-state index is -0.262. The molecule has 6 nitrogen and oxygen atoms in total. The fourth-order valence-electron chi connectivity index (χ4n) is 2.26. The second-order valence-corrected chi connectivity index (χ2v) is 5.13. The lowest BCUT2D eigenvalue weighted by atomic mass is 10.2. The third-order valence-corrected chi connectivity index (χ3v) is 3.41. The Labute approximate surface area is 134 Å². The van der Waals surface area contributed by atoms with Gasteiger partial charge in [0, 0.05) is 19.3 Å². The molecule has 0 aliphatic carbocycles. The van der Waals surface area contributed by atoms with Gasteiger partial charge in [-0.2, -0.15) is 0 Å². The number of carbonyl (C=O) groups excluding carboxylic acids is 1. The van der Waals surface area contributed by atoms with Gasteiger partial charge in [0.1, 0.15) is 0 Å². The molecule has 1 aliphatic rings. The summed E-state index contributed by atoms with van der Waals surface area (Å²) >= 11 is 0. The first-order valence-electron chi connectivity index (χ1n) is 7.26. The van der Waals surface area contributed by atoms with E-state index in [4.69, 9.17) is 14.2 Å². The van der Waals surface area contributed by atoms with E-state index in [0.29, 0.717) is 18.9 Å². The molecule has 1 aliphatic heterocycles. The van der Waals surface area contributed by atoms with Gasteiger partial charge in [-0.05, 0) is 35.4 Å². The number of hydrogen-bond acceptors (Lipinski definition) is 4. The van der Waals surface area contributed by atoms with E-state index in [9.17, 15) is 4.79 Å². The van der Waals surface area contributed by atoms with Crippen molar-refractivity contribution in [3.8, 4) is 11.5 Å². The lowest BCUT2D eigenvalue weighted by Gasteiger charge is -2.09. The van der Waals surface area contributed by atoms with Crippen LogP contribution in [0.5, 0.6) is 11.5 Å². The molecule has 0 aromatic heterocycles. The maximum atomic E-state index is 11.9. The lowest BCUT2D eigenvalue weighted by molar-refractivity contribution is 0.174. The molecule has 0 spiro atoms. The molecular weight excluding hydrogens is 296 g/mol. The molecule has 0 saturated carbocycles. The fourth-order valence-corrected chi connectivity index (χ4v) is 2.26. The van der Waals surface area contributed by atoms with Crippen molar-refractivity contribution in [3.63, 3.8) is 0 Å². The summed E-state index contributed by atoms with van der Waals surface area (Å²) in [5.41, 5.74) is 2.73. The third kappa shape index (κ3) is 3.92. The summed E-state index contributed by atoms with van der Waals surface area (Å²) in [6.07, 6.45) is 0. The number of nitrogens with one attached hydrogen (secondary N) is 2. The topological polar surface area (TPSA) is 68.8 Å². The minimum absolute atomic E-state index is 0.242. The quantitative estimate of drug-likeness (QED) is 0.890. The zero-order valence-corrected chi connectivity index (χ0v) is 12.8. The number of fused-ring (bicyclic) bond motifs is 1. The summed E-state index contributed by atoms with van der Waals surface area (Å²) in [5, 5.41) is 5.59. The molecule has 0 fully saturated rings. The Hall–Kier alpha value is -2.73. The molecule has 0 saturated heterocycles. The monoisotopic (exact) mass is 314 g/mol. The molecule has 0 radical (unpaired) electrons. The number of rotatable bonds is 5. The van der Waals surface area contributed by atoms with Gasteiger partial charge < -0.3 is 24.8 Å². The van der Waals surface area contributed by atoms with Crippen molar-refractivity contribution in [2.24, 2.45) is 0 Å². The van der Waals surface area contributed by atoms with Gasteiger partial charge in [-0.25, -0.2) is 4.79 Å². The van der Waals surface area contributed by atoms with E-state index in [2.05, 4.69) is 10.6 Å². The molecule has 23 heavy (non-hydrogen) atoms. The number of benzene rings is 2. The average Bonchev–Trinajstić information content (AvgIpc) is 3.03. The number of carbonyl (C=O) groups is 1. The van der Waals surface area contributed by atoms with Crippen LogP contribution in [-0.2, 0) is 17.9 Å². The van der Waals surface area contributed by atoms with Gasteiger partial charge in [-0.15, -0.1) is 0 Å². The Balaban J connectivity index is 1.51. The van der Waals surface area contributed by atoms with Gasteiger partial charge in [-0.1, -0.05) is 18.2 Å². The molecular formula is C17H18N2O4. The van der Waals surface area contributed by atoms with Crippen molar-refractivity contribution in [3.05, 3.63) is 53.6 Å². The maximum absolute atomic E-state index is 11.9. The van der Waals surface area contributed by atoms with Crippen LogP contribution < -0.4 is 20.1 Å². The highest BCUT2D eigenvalue weighted by atomic mass is 16.7. The van der Waals surface area contributed by atoms with Crippen LogP contribution in [0.15, 0.2) is 42.5 Å². The van der Waals surface area contributed by atoms with Gasteiger partial charge in [0.25, 0.3) is 0 Å². The van der Waals surface area contributed by atoms with Crippen molar-refractivity contribution in [2.45, 2.75) is 13.2 Å². The lowest BCUT2D eigenvalue weighted by Crippen LogP contribution is -2.28. The third-order valence-electron chi connectivity index (χ3n) is 3.41. The first-order chi connectivity index (χ1) is 11.2. The van der Waals surface area contributed by atoms with Crippen LogP contribution in [0, 0.1) is 0 Å². The summed E-state index contributed by atoms with van der Waals surface area (Å²) in [4.78, 5) is 11.9. The predicted molar refractivity (Wildman–Crippen MR) is 85.6 cm³/mol. The van der Waals surface area contributed by atoms with Gasteiger partial charge >= 0.3 is 6.03 Å². The highest BCUT2D eigenvalue weighted by molar-refractivity contribution is 5.89. The van der Waals surface area contributed by atoms with Crippen LogP contribution in [0.4, 0.5) is 10.5 Å². The van der Waals surface area contributed by atoms with E-state index >= 15 is 0 Å². The Kier molecular flexibility index (Phi) is 4.63. The summed E-state index contributed by atoms with van der Waals surface area (Å²) < 4.78 is 15.6. The Bertz CT molecular complexity index is 685. The summed E-state index contributed by atoms with van der Waals surface area (Å²) in [5.74, 6) is 1.44. The number of anilines is 1. The van der Waals surface area contributed by atoms with Crippen molar-refractivity contribution in [1.29, 1.82) is 0 Å². The molecule has 2 amide bonds. The van der Waals surface area contributed by atoms with E-state index in [1.165, 1.54) is 0 Å². The van der Waals surface area contributed by atoms with Gasteiger partial charge in [-0.3, -0.25) is 0 Å². The average molecular weight is 314 g/mol. The number of urea groups is 1. The molecule has 2 aromatic carbocycles. The molecule has 0 bridgehead atoms. The van der Waals surface area contributed by atoms with Gasteiger partial charge in [0.05, 0.1) is 6.61 Å². The summed E-state index contributed by atoms with van der Waals surface area (Å²) in [6.45, 7) is 1.20. The molecule has 2 aromatic rings. The van der Waals surface area contributed by atoms with Crippen molar-refractivity contribution in [2.75, 3.05) is 19.2 Å². The van der Waals surface area contributed by atoms with Crippen LogP contribution in [0.25, 0.3) is 0 Å². The number of ether oxygens (including phenoxy) is 3. The van der Waals surface area contributed by atoms with E-state index in [-0.39, 0.29) is 12.8 Å². The molecule has 0 unspecified atom stereocenters. The summed E-state index contributed by atoms with van der Waals surface area (Å²) in [7, 11) is 1.65. The van der Waals surface area contributed by atoms with Gasteiger partial charge in [0.2, 0.25) is 6.79 Å². The standard InChI is InChI=1S/C17H18N2O4/c1-21-10-12-2-5-14(6-3-12)19-17(20)18-9-13-4-7-15-16(8-13)23-11-22-15/h2-8H,9-11H2,1H3,(H2,18,19,20). The highest BCUT2D eigenvalue weighted by Crippen LogP contribution is 2.32. The van der Waals surface area contributed by atoms with Crippen LogP contribution in [0.2, 0.25) is 0 Å². The molecule has 2 N–H and O–H groups in total. The smallest absolute Gasteiger partial charge is 0.319 e. The predicted octanol–water partition coefficient (Wildman–Crippen LogP) is 2.88. The highest BCUT2D eigenvalue weighted by Gasteiger charge is 2.13. The molecule has 3 rings (SSSR count). The molecule has 120 valence electrons. The first-order valence-corrected chi connectivity index (χ1v) is 7.26. The number of hydrogen-bond donors (Lipinski definition) is 2. The van der Waals surface area contributed by atoms with Crippen molar-refractivity contribution < 1.29 is 19.0 Å². The largest absolute Gasteiger partial charge is 0.454 e. The molecule has 6 heteroatoms. The second kappa shape index (κ2) is 7.02. The van der Waals surface area contributed by atoms with E-state index in [1.807, 2.05) is 42.5 Å². The van der Waals surface area contributed by atoms with E-state index < -0.39 is 0 Å². The zero-order chi connectivity index (χ0) is 16.1. The Morgan fingerprint density at radius 3 is 2.61 bits per heavy atom. The fraction of sp³-hybridized carbons (Fsp3) is 0.235. The second-order valence-electron chi connectivity index (χ2n) is 5.13. The van der Waals surface area contributed by atoms with Crippen LogP contribution in [-0.4, -0.2) is 19.9 Å². The molecule has 1 heterocycles. The first kappa shape index (κ1) is 15.2. The maximum Gasteiger partial charge on any atom is 0.319 e. The Morgan fingerprint density at radius 1 is 1.09 bits per heavy atom. The van der Waals surface area contributed by atoms with Crippen LogP contribution in [0.1, 0.15) is 11.1 Å². The molecule has 0 atom stereocenters. The van der Waals surface area contributed by atoms with Crippen molar-refractivity contribution in [1.82, 2.24) is 5.32 Å². The normalized spacial score (nSPS) is 12.0. The number of amides is 2.